The van der Waals surface area contributed by atoms with E-state index in [-0.39, 0.29) is 22.8 Å². The zero-order chi connectivity index (χ0) is 12.1. The van der Waals surface area contributed by atoms with E-state index < -0.39 is 0 Å². The topological polar surface area (TPSA) is 58.1 Å². The SMILES string of the molecule is CC(CN(C)C)NC(=O)c1ccc(Cl)nn1. The molecule has 0 aliphatic heterocycles. The molecule has 16 heavy (non-hydrogen) atoms. The Morgan fingerprint density at radius 1 is 1.50 bits per heavy atom. The first-order valence-electron chi connectivity index (χ1n) is 4.94. The van der Waals surface area contributed by atoms with Crippen LogP contribution in [-0.2, 0) is 0 Å². The molecular weight excluding hydrogens is 228 g/mol. The lowest BCUT2D eigenvalue weighted by atomic mass is 10.3. The lowest BCUT2D eigenvalue weighted by Crippen LogP contribution is -2.39. The highest BCUT2D eigenvalue weighted by atomic mass is 35.5. The molecule has 0 aliphatic rings. The van der Waals surface area contributed by atoms with E-state index >= 15 is 0 Å². The number of carbonyl (C=O) groups is 1. The molecule has 0 aromatic carbocycles. The van der Waals surface area contributed by atoms with E-state index in [1.807, 2.05) is 25.9 Å². The van der Waals surface area contributed by atoms with Crippen molar-refractivity contribution in [1.29, 1.82) is 0 Å². The lowest BCUT2D eigenvalue weighted by Gasteiger charge is -2.17. The number of rotatable bonds is 4. The molecule has 6 heteroatoms. The smallest absolute Gasteiger partial charge is 0.272 e. The second-order valence-electron chi connectivity index (χ2n) is 3.88. The molecule has 1 amide bonds. The van der Waals surface area contributed by atoms with Crippen molar-refractivity contribution in [1.82, 2.24) is 20.4 Å². The molecule has 0 spiro atoms. The van der Waals surface area contributed by atoms with E-state index in [1.165, 1.54) is 0 Å². The van der Waals surface area contributed by atoms with Gasteiger partial charge in [-0.05, 0) is 33.2 Å². The summed E-state index contributed by atoms with van der Waals surface area (Å²) in [5, 5.41) is 10.4. The molecule has 0 fully saturated rings. The van der Waals surface area contributed by atoms with Crippen LogP contribution in [0.1, 0.15) is 17.4 Å². The summed E-state index contributed by atoms with van der Waals surface area (Å²) in [6.07, 6.45) is 0. The van der Waals surface area contributed by atoms with Crippen LogP contribution in [0.2, 0.25) is 5.15 Å². The summed E-state index contributed by atoms with van der Waals surface area (Å²) in [6, 6.07) is 3.15. The van der Waals surface area contributed by atoms with E-state index in [1.54, 1.807) is 12.1 Å². The van der Waals surface area contributed by atoms with Gasteiger partial charge in [0, 0.05) is 12.6 Å². The molecule has 0 aliphatic carbocycles. The van der Waals surface area contributed by atoms with Crippen molar-refractivity contribution in [2.75, 3.05) is 20.6 Å². The zero-order valence-electron chi connectivity index (χ0n) is 9.57. The first-order valence-corrected chi connectivity index (χ1v) is 5.31. The maximum atomic E-state index is 11.7. The third-order valence-electron chi connectivity index (χ3n) is 1.88. The minimum absolute atomic E-state index is 0.0555. The molecule has 0 saturated heterocycles. The van der Waals surface area contributed by atoms with Gasteiger partial charge in [-0.2, -0.15) is 0 Å². The summed E-state index contributed by atoms with van der Waals surface area (Å²) >= 11 is 5.58. The molecule has 1 aromatic heterocycles. The van der Waals surface area contributed by atoms with Crippen LogP contribution < -0.4 is 5.32 Å². The van der Waals surface area contributed by atoms with Crippen molar-refractivity contribution < 1.29 is 4.79 Å². The second-order valence-corrected chi connectivity index (χ2v) is 4.27. The van der Waals surface area contributed by atoms with Gasteiger partial charge in [-0.25, -0.2) is 0 Å². The highest BCUT2D eigenvalue weighted by Crippen LogP contribution is 2.02. The highest BCUT2D eigenvalue weighted by molar-refractivity contribution is 6.29. The van der Waals surface area contributed by atoms with Crippen LogP contribution in [-0.4, -0.2) is 47.7 Å². The quantitative estimate of drug-likeness (QED) is 0.849. The van der Waals surface area contributed by atoms with Crippen LogP contribution in [0.15, 0.2) is 12.1 Å². The Kier molecular flexibility index (Phi) is 4.64. The van der Waals surface area contributed by atoms with Gasteiger partial charge in [0.1, 0.15) is 0 Å². The fourth-order valence-corrected chi connectivity index (χ4v) is 1.43. The van der Waals surface area contributed by atoms with E-state index in [9.17, 15) is 4.79 Å². The first kappa shape index (κ1) is 12.9. The Labute approximate surface area is 99.8 Å². The van der Waals surface area contributed by atoms with E-state index in [0.29, 0.717) is 0 Å². The van der Waals surface area contributed by atoms with Crippen LogP contribution in [0.3, 0.4) is 0 Å². The fraction of sp³-hybridized carbons (Fsp3) is 0.500. The molecule has 0 bridgehead atoms. The van der Waals surface area contributed by atoms with Crippen LogP contribution >= 0.6 is 11.6 Å². The summed E-state index contributed by atoms with van der Waals surface area (Å²) < 4.78 is 0. The average Bonchev–Trinajstić information content (AvgIpc) is 2.16. The van der Waals surface area contributed by atoms with Gasteiger partial charge in [0.25, 0.3) is 5.91 Å². The average molecular weight is 243 g/mol. The van der Waals surface area contributed by atoms with Gasteiger partial charge in [0.15, 0.2) is 10.8 Å². The summed E-state index contributed by atoms with van der Waals surface area (Å²) in [7, 11) is 3.90. The Morgan fingerprint density at radius 3 is 2.69 bits per heavy atom. The van der Waals surface area contributed by atoms with Crippen molar-refractivity contribution in [2.24, 2.45) is 0 Å². The van der Waals surface area contributed by atoms with Crippen LogP contribution in [0, 0.1) is 0 Å². The minimum Gasteiger partial charge on any atom is -0.347 e. The van der Waals surface area contributed by atoms with Crippen molar-refractivity contribution in [3.63, 3.8) is 0 Å². The number of carbonyl (C=O) groups excluding carboxylic acids is 1. The number of amides is 1. The number of nitrogens with one attached hydrogen (secondary N) is 1. The first-order chi connectivity index (χ1) is 7.49. The zero-order valence-corrected chi connectivity index (χ0v) is 10.3. The maximum absolute atomic E-state index is 11.7. The van der Waals surface area contributed by atoms with Crippen molar-refractivity contribution in [3.8, 4) is 0 Å². The Balaban J connectivity index is 2.55. The third kappa shape index (κ3) is 4.12. The number of hydrogen-bond acceptors (Lipinski definition) is 4. The van der Waals surface area contributed by atoms with E-state index in [0.717, 1.165) is 6.54 Å². The van der Waals surface area contributed by atoms with Gasteiger partial charge in [-0.1, -0.05) is 11.6 Å². The summed E-state index contributed by atoms with van der Waals surface area (Å²) in [5.41, 5.74) is 0.273. The highest BCUT2D eigenvalue weighted by Gasteiger charge is 2.11. The van der Waals surface area contributed by atoms with Gasteiger partial charge in [0.05, 0.1) is 0 Å². The normalized spacial score (nSPS) is 12.6. The van der Waals surface area contributed by atoms with Crippen molar-refractivity contribution >= 4 is 17.5 Å². The Morgan fingerprint density at radius 2 is 2.19 bits per heavy atom. The molecule has 5 nitrogen and oxygen atoms in total. The van der Waals surface area contributed by atoms with Gasteiger partial charge >= 0.3 is 0 Å². The molecular formula is C10H15ClN4O. The van der Waals surface area contributed by atoms with Crippen molar-refractivity contribution in [2.45, 2.75) is 13.0 Å². The van der Waals surface area contributed by atoms with Crippen LogP contribution in [0.4, 0.5) is 0 Å². The predicted octanol–water partition coefficient (Wildman–Crippen LogP) is 0.810. The predicted molar refractivity (Wildman–Crippen MR) is 62.5 cm³/mol. The van der Waals surface area contributed by atoms with E-state index in [2.05, 4.69) is 15.5 Å². The second kappa shape index (κ2) is 5.77. The minimum atomic E-state index is -0.237. The molecule has 1 atom stereocenters. The molecule has 1 N–H and O–H groups in total. The Hall–Kier alpha value is -1.20. The molecule has 1 rings (SSSR count). The van der Waals surface area contributed by atoms with Crippen molar-refractivity contribution in [3.05, 3.63) is 23.0 Å². The Bertz CT molecular complexity index is 352. The number of aromatic nitrogens is 2. The van der Waals surface area contributed by atoms with Crippen LogP contribution in [0.5, 0.6) is 0 Å². The maximum Gasteiger partial charge on any atom is 0.272 e. The van der Waals surface area contributed by atoms with Crippen LogP contribution in [0.25, 0.3) is 0 Å². The van der Waals surface area contributed by atoms with Gasteiger partial charge in [0.2, 0.25) is 0 Å². The molecule has 1 aromatic rings. The monoisotopic (exact) mass is 242 g/mol. The van der Waals surface area contributed by atoms with Gasteiger partial charge < -0.3 is 10.2 Å². The number of hydrogen-bond donors (Lipinski definition) is 1. The molecule has 1 heterocycles. The standard InChI is InChI=1S/C10H15ClN4O/c1-7(6-15(2)3)12-10(16)8-4-5-9(11)14-13-8/h4-5,7H,6H2,1-3H3,(H,12,16). The molecule has 0 radical (unpaired) electrons. The summed E-state index contributed by atoms with van der Waals surface area (Å²) in [5.74, 6) is -0.237. The molecule has 0 saturated carbocycles. The van der Waals surface area contributed by atoms with Gasteiger partial charge in [-0.15, -0.1) is 10.2 Å². The lowest BCUT2D eigenvalue weighted by molar-refractivity contribution is 0.0928. The van der Waals surface area contributed by atoms with Gasteiger partial charge in [-0.3, -0.25) is 4.79 Å². The third-order valence-corrected chi connectivity index (χ3v) is 2.08. The summed E-state index contributed by atoms with van der Waals surface area (Å²) in [6.45, 7) is 2.70. The van der Waals surface area contributed by atoms with E-state index in [4.69, 9.17) is 11.6 Å². The number of likely N-dealkylation sites (N-methyl/N-ethyl adjacent to an activating group) is 1. The summed E-state index contributed by atoms with van der Waals surface area (Å²) in [4.78, 5) is 13.7. The molecule has 1 unspecified atom stereocenters. The molecule has 88 valence electrons. The number of halogens is 1. The number of nitrogens with zero attached hydrogens (tertiary/aromatic N) is 3. The largest absolute Gasteiger partial charge is 0.347 e. The fourth-order valence-electron chi connectivity index (χ4n) is 1.33.